The fourth-order valence-corrected chi connectivity index (χ4v) is 3.20. The molecule has 0 radical (unpaired) electrons. The van der Waals surface area contributed by atoms with Crippen molar-refractivity contribution >= 4 is 49.7 Å². The Morgan fingerprint density at radius 1 is 1.35 bits per heavy atom. The predicted octanol–water partition coefficient (Wildman–Crippen LogP) is 3.66. The molecule has 10 heteroatoms. The number of rotatable bonds is 7. The van der Waals surface area contributed by atoms with Crippen molar-refractivity contribution in [1.82, 2.24) is 5.43 Å². The average Bonchev–Trinajstić information content (AvgIpc) is 2.60. The van der Waals surface area contributed by atoms with Crippen molar-refractivity contribution in [3.63, 3.8) is 0 Å². The van der Waals surface area contributed by atoms with Crippen molar-refractivity contribution in [3.8, 4) is 11.5 Å². The summed E-state index contributed by atoms with van der Waals surface area (Å²) in [5.74, 6) is 0.344. The second-order valence-electron chi connectivity index (χ2n) is 4.85. The molecule has 0 heterocycles. The van der Waals surface area contributed by atoms with Crippen LogP contribution < -0.4 is 14.9 Å². The summed E-state index contributed by atoms with van der Waals surface area (Å²) < 4.78 is 12.1. The molecule has 0 saturated heterocycles. The highest BCUT2D eigenvalue weighted by Crippen LogP contribution is 2.38. The van der Waals surface area contributed by atoms with Crippen molar-refractivity contribution in [3.05, 3.63) is 61.0 Å². The van der Waals surface area contributed by atoms with Crippen molar-refractivity contribution in [2.24, 2.45) is 5.10 Å². The zero-order valence-electron chi connectivity index (χ0n) is 13.4. The zero-order valence-corrected chi connectivity index (χ0v) is 16.6. The molecule has 0 unspecified atom stereocenters. The molecule has 0 aromatic heterocycles. The van der Waals surface area contributed by atoms with Gasteiger partial charge < -0.3 is 9.47 Å². The molecular weight excluding hydrogens is 474 g/mol. The maximum Gasteiger partial charge on any atom is 0.277 e. The van der Waals surface area contributed by atoms with Crippen molar-refractivity contribution in [2.75, 3.05) is 13.7 Å². The van der Waals surface area contributed by atoms with Gasteiger partial charge in [0.05, 0.1) is 22.7 Å². The third kappa shape index (κ3) is 5.53. The van der Waals surface area contributed by atoms with E-state index < -0.39 is 10.8 Å². The van der Waals surface area contributed by atoms with E-state index >= 15 is 0 Å². The predicted molar refractivity (Wildman–Crippen MR) is 103 cm³/mol. The molecule has 1 amide bonds. The van der Waals surface area contributed by atoms with Crippen LogP contribution in [-0.2, 0) is 4.79 Å². The summed E-state index contributed by atoms with van der Waals surface area (Å²) in [6, 6.07) is 9.34. The normalized spacial score (nSPS) is 10.6. The minimum absolute atomic E-state index is 0.0595. The molecule has 2 aromatic carbocycles. The molecule has 1 N–H and O–H groups in total. The minimum atomic E-state index is -0.507. The van der Waals surface area contributed by atoms with Crippen LogP contribution in [0.4, 0.5) is 5.69 Å². The molecule has 0 saturated carbocycles. The lowest BCUT2D eigenvalue weighted by molar-refractivity contribution is -0.384. The van der Waals surface area contributed by atoms with Gasteiger partial charge in [0, 0.05) is 22.2 Å². The fraction of sp³-hybridized carbons (Fsp3) is 0.125. The molecular formula is C16H13Br2N3O5. The maximum atomic E-state index is 11.8. The van der Waals surface area contributed by atoms with Gasteiger partial charge in [0.2, 0.25) is 0 Å². The smallest absolute Gasteiger partial charge is 0.277 e. The van der Waals surface area contributed by atoms with Crippen LogP contribution in [0.3, 0.4) is 0 Å². The van der Waals surface area contributed by atoms with Crippen LogP contribution in [0.25, 0.3) is 0 Å². The van der Waals surface area contributed by atoms with Crippen molar-refractivity contribution in [1.29, 1.82) is 0 Å². The Hall–Kier alpha value is -2.46. The van der Waals surface area contributed by atoms with Gasteiger partial charge in [-0.05, 0) is 28.1 Å². The lowest BCUT2D eigenvalue weighted by Gasteiger charge is -2.12. The summed E-state index contributed by atoms with van der Waals surface area (Å²) in [7, 11) is 1.49. The van der Waals surface area contributed by atoms with E-state index in [2.05, 4.69) is 42.4 Å². The number of ether oxygens (including phenoxy) is 2. The highest BCUT2D eigenvalue weighted by Gasteiger charge is 2.12. The minimum Gasteiger partial charge on any atom is -0.493 e. The summed E-state index contributed by atoms with van der Waals surface area (Å²) in [4.78, 5) is 22.0. The molecule has 0 atom stereocenters. The van der Waals surface area contributed by atoms with Crippen LogP contribution in [0, 0.1) is 10.1 Å². The number of benzene rings is 2. The first-order valence-electron chi connectivity index (χ1n) is 7.13. The van der Waals surface area contributed by atoms with Gasteiger partial charge in [-0.3, -0.25) is 14.9 Å². The molecule has 0 fully saturated rings. The first kappa shape index (κ1) is 19.9. The maximum absolute atomic E-state index is 11.8. The molecule has 0 aliphatic heterocycles. The molecule has 2 aromatic rings. The molecule has 0 spiro atoms. The Morgan fingerprint density at radius 3 is 2.81 bits per heavy atom. The fourth-order valence-electron chi connectivity index (χ4n) is 1.90. The van der Waals surface area contributed by atoms with E-state index in [0.29, 0.717) is 21.5 Å². The second-order valence-corrected chi connectivity index (χ2v) is 6.62. The number of hydrogen-bond acceptors (Lipinski definition) is 6. The van der Waals surface area contributed by atoms with E-state index in [4.69, 9.17) is 9.47 Å². The zero-order chi connectivity index (χ0) is 19.1. The third-order valence-electron chi connectivity index (χ3n) is 3.03. The third-order valence-corrected chi connectivity index (χ3v) is 4.07. The number of halogens is 2. The van der Waals surface area contributed by atoms with Gasteiger partial charge in [-0.15, -0.1) is 0 Å². The van der Waals surface area contributed by atoms with Crippen molar-refractivity contribution < 1.29 is 19.2 Å². The SMILES string of the molecule is COc1cc(Br)cc(Br)c1OCC(=O)N/N=C/c1cccc([N+](=O)[O-])c1. The standard InChI is InChI=1S/C16H13Br2N3O5/c1-25-14-7-11(17)6-13(18)16(14)26-9-15(22)20-19-8-10-3-2-4-12(5-10)21(23)24/h2-8H,9H2,1H3,(H,20,22)/b19-8+. The number of carbonyl (C=O) groups is 1. The number of nitro benzene ring substituents is 1. The van der Waals surface area contributed by atoms with Gasteiger partial charge in [-0.2, -0.15) is 5.10 Å². The molecule has 26 heavy (non-hydrogen) atoms. The van der Waals surface area contributed by atoms with Crippen LogP contribution >= 0.6 is 31.9 Å². The van der Waals surface area contributed by atoms with Gasteiger partial charge in [0.1, 0.15) is 0 Å². The molecule has 0 bridgehead atoms. The van der Waals surface area contributed by atoms with E-state index in [-0.39, 0.29) is 12.3 Å². The Balaban J connectivity index is 1.94. The van der Waals surface area contributed by atoms with Gasteiger partial charge in [0.25, 0.3) is 11.6 Å². The molecule has 8 nitrogen and oxygen atoms in total. The number of nitro groups is 1. The number of hydrazone groups is 1. The number of carbonyl (C=O) groups excluding carboxylic acids is 1. The van der Waals surface area contributed by atoms with E-state index in [9.17, 15) is 14.9 Å². The van der Waals surface area contributed by atoms with E-state index in [1.165, 1.54) is 31.5 Å². The Kier molecular flexibility index (Phi) is 7.10. The van der Waals surface area contributed by atoms with Crippen LogP contribution in [0.1, 0.15) is 5.56 Å². The van der Waals surface area contributed by atoms with Gasteiger partial charge >= 0.3 is 0 Å². The van der Waals surface area contributed by atoms with E-state index in [1.807, 2.05) is 0 Å². The highest BCUT2D eigenvalue weighted by molar-refractivity contribution is 9.11. The number of nitrogens with zero attached hydrogens (tertiary/aromatic N) is 2. The summed E-state index contributed by atoms with van der Waals surface area (Å²) in [5, 5.41) is 14.5. The summed E-state index contributed by atoms with van der Waals surface area (Å²) >= 11 is 6.67. The van der Waals surface area contributed by atoms with Gasteiger partial charge in [-0.25, -0.2) is 5.43 Å². The number of hydrogen-bond donors (Lipinski definition) is 1. The lowest BCUT2D eigenvalue weighted by Crippen LogP contribution is -2.24. The van der Waals surface area contributed by atoms with Gasteiger partial charge in [-0.1, -0.05) is 28.1 Å². The topological polar surface area (TPSA) is 103 Å². The van der Waals surface area contributed by atoms with Crippen LogP contribution in [0.15, 0.2) is 50.4 Å². The Morgan fingerprint density at radius 2 is 2.12 bits per heavy atom. The lowest BCUT2D eigenvalue weighted by atomic mass is 10.2. The van der Waals surface area contributed by atoms with E-state index in [1.54, 1.807) is 18.2 Å². The second kappa shape index (κ2) is 9.30. The average molecular weight is 487 g/mol. The van der Waals surface area contributed by atoms with Crippen LogP contribution in [0.5, 0.6) is 11.5 Å². The van der Waals surface area contributed by atoms with Crippen LogP contribution in [-0.4, -0.2) is 30.8 Å². The molecule has 0 aliphatic rings. The molecule has 0 aliphatic carbocycles. The number of non-ortho nitro benzene ring substituents is 1. The highest BCUT2D eigenvalue weighted by atomic mass is 79.9. The Bertz CT molecular complexity index is 858. The van der Waals surface area contributed by atoms with E-state index in [0.717, 1.165) is 4.47 Å². The Labute approximate surface area is 165 Å². The van der Waals surface area contributed by atoms with Gasteiger partial charge in [0.15, 0.2) is 18.1 Å². The monoisotopic (exact) mass is 485 g/mol. The largest absolute Gasteiger partial charge is 0.493 e. The first-order valence-corrected chi connectivity index (χ1v) is 8.71. The summed E-state index contributed by atoms with van der Waals surface area (Å²) in [6.07, 6.45) is 1.31. The quantitative estimate of drug-likeness (QED) is 0.365. The molecule has 136 valence electrons. The van der Waals surface area contributed by atoms with Crippen molar-refractivity contribution in [2.45, 2.75) is 0 Å². The number of amides is 1. The number of methoxy groups -OCH3 is 1. The summed E-state index contributed by atoms with van der Waals surface area (Å²) in [6.45, 7) is -0.289. The first-order chi connectivity index (χ1) is 12.4. The summed E-state index contributed by atoms with van der Waals surface area (Å²) in [5.41, 5.74) is 2.71. The number of nitrogens with one attached hydrogen (secondary N) is 1. The van der Waals surface area contributed by atoms with Crippen LogP contribution in [0.2, 0.25) is 0 Å². The molecule has 2 rings (SSSR count).